The summed E-state index contributed by atoms with van der Waals surface area (Å²) in [5, 5.41) is 0. The predicted molar refractivity (Wildman–Crippen MR) is 224 cm³/mol. The Hall–Kier alpha value is -6.16. The number of allylic oxidation sites excluding steroid dienone is 5. The first kappa shape index (κ1) is 36.1. The average molecular weight is 659 g/mol. The van der Waals surface area contributed by atoms with Crippen LogP contribution in [0, 0.1) is 19.8 Å². The first-order valence-corrected chi connectivity index (χ1v) is 17.8. The molecule has 7 rings (SSSR count). The maximum absolute atomic E-state index is 4.00. The number of aryl methyl sites for hydroxylation is 1. The molecule has 51 heavy (non-hydrogen) atoms. The zero-order chi connectivity index (χ0) is 35.8. The maximum atomic E-state index is 4.00. The van der Waals surface area contributed by atoms with Crippen LogP contribution in [0.1, 0.15) is 60.1 Å². The topological polar surface area (TPSA) is 0 Å². The molecule has 0 fully saturated rings. The van der Waals surface area contributed by atoms with Crippen LogP contribution < -0.4 is 0 Å². The van der Waals surface area contributed by atoms with E-state index >= 15 is 0 Å². The summed E-state index contributed by atoms with van der Waals surface area (Å²) in [5.41, 5.74) is 16.2. The highest BCUT2D eigenvalue weighted by Gasteiger charge is 2.11. The zero-order valence-corrected chi connectivity index (χ0v) is 30.0. The largest absolute Gasteiger partial charge is 0.124 e. The SMILES string of the molecule is C#C.CC.Cc1cc(-c2ccc(C=C(c3ccccc3)c3ccccc3)cc2)cc(-c2ccc(/C=C(\C3=CC=CCC3)c3ccccc3)cc2)c1. The highest BCUT2D eigenvalue weighted by molar-refractivity contribution is 5.92. The second-order valence-electron chi connectivity index (χ2n) is 12.2. The van der Waals surface area contributed by atoms with Gasteiger partial charge in [-0.2, -0.15) is 0 Å². The molecule has 0 atom stereocenters. The third-order valence-electron chi connectivity index (χ3n) is 8.80. The summed E-state index contributed by atoms with van der Waals surface area (Å²) in [4.78, 5) is 0. The Kier molecular flexibility index (Phi) is 13.1. The quantitative estimate of drug-likeness (QED) is 0.113. The lowest BCUT2D eigenvalue weighted by Crippen LogP contribution is -1.93. The second-order valence-corrected chi connectivity index (χ2v) is 12.2. The molecule has 6 aromatic carbocycles. The van der Waals surface area contributed by atoms with Crippen LogP contribution >= 0.6 is 0 Å². The summed E-state index contributed by atoms with van der Waals surface area (Å²) in [7, 11) is 0. The van der Waals surface area contributed by atoms with Crippen molar-refractivity contribution in [3.8, 4) is 35.1 Å². The molecule has 0 saturated heterocycles. The van der Waals surface area contributed by atoms with Gasteiger partial charge >= 0.3 is 0 Å². The van der Waals surface area contributed by atoms with Crippen molar-refractivity contribution in [3.63, 3.8) is 0 Å². The van der Waals surface area contributed by atoms with E-state index in [0.717, 1.165) is 12.8 Å². The maximum Gasteiger partial charge on any atom is -0.0105 e. The van der Waals surface area contributed by atoms with Gasteiger partial charge in [-0.3, -0.25) is 0 Å². The van der Waals surface area contributed by atoms with Crippen molar-refractivity contribution in [2.75, 3.05) is 0 Å². The normalized spacial score (nSPS) is 11.9. The van der Waals surface area contributed by atoms with Crippen LogP contribution in [-0.4, -0.2) is 0 Å². The fraction of sp³-hybridized carbons (Fsp3) is 0.0980. The Morgan fingerprint density at radius 1 is 0.490 bits per heavy atom. The van der Waals surface area contributed by atoms with Crippen molar-refractivity contribution in [2.45, 2.75) is 33.6 Å². The molecular weight excluding hydrogens is 613 g/mol. The van der Waals surface area contributed by atoms with Gasteiger partial charge < -0.3 is 0 Å². The van der Waals surface area contributed by atoms with E-state index in [2.05, 4.69) is 208 Å². The first-order chi connectivity index (χ1) is 25.2. The summed E-state index contributed by atoms with van der Waals surface area (Å²) in [6.07, 6.45) is 21.5. The fourth-order valence-corrected chi connectivity index (χ4v) is 6.37. The molecule has 1 aliphatic rings. The van der Waals surface area contributed by atoms with E-state index in [9.17, 15) is 0 Å². The predicted octanol–water partition coefficient (Wildman–Crippen LogP) is 14.0. The lowest BCUT2D eigenvalue weighted by Gasteiger charge is -2.15. The van der Waals surface area contributed by atoms with Crippen molar-refractivity contribution in [2.24, 2.45) is 0 Å². The van der Waals surface area contributed by atoms with E-state index in [4.69, 9.17) is 0 Å². The lowest BCUT2D eigenvalue weighted by atomic mass is 9.90. The van der Waals surface area contributed by atoms with Gasteiger partial charge in [-0.25, -0.2) is 0 Å². The van der Waals surface area contributed by atoms with Gasteiger partial charge in [0.15, 0.2) is 0 Å². The Morgan fingerprint density at radius 2 is 0.902 bits per heavy atom. The third kappa shape index (κ3) is 9.51. The van der Waals surface area contributed by atoms with Crippen molar-refractivity contribution in [1.29, 1.82) is 0 Å². The molecule has 0 spiro atoms. The highest BCUT2D eigenvalue weighted by atomic mass is 14.2. The number of terminal acetylenes is 1. The van der Waals surface area contributed by atoms with E-state index < -0.39 is 0 Å². The Morgan fingerprint density at radius 3 is 1.31 bits per heavy atom. The minimum absolute atomic E-state index is 1.07. The molecule has 0 aliphatic heterocycles. The molecule has 250 valence electrons. The Labute approximate surface area is 305 Å². The lowest BCUT2D eigenvalue weighted by molar-refractivity contribution is 0.997. The van der Waals surface area contributed by atoms with Crippen molar-refractivity contribution < 1.29 is 0 Å². The minimum atomic E-state index is 1.07. The van der Waals surface area contributed by atoms with Gasteiger partial charge in [-0.15, -0.1) is 12.8 Å². The van der Waals surface area contributed by atoms with Gasteiger partial charge in [0.05, 0.1) is 0 Å². The van der Waals surface area contributed by atoms with Gasteiger partial charge in [-0.1, -0.05) is 184 Å². The molecule has 0 heterocycles. The molecule has 0 unspecified atom stereocenters. The summed E-state index contributed by atoms with van der Waals surface area (Å²) in [6, 6.07) is 56.8. The second kappa shape index (κ2) is 18.6. The molecule has 0 saturated carbocycles. The van der Waals surface area contributed by atoms with Gasteiger partial charge in [0.25, 0.3) is 0 Å². The van der Waals surface area contributed by atoms with Crippen molar-refractivity contribution in [1.82, 2.24) is 0 Å². The summed E-state index contributed by atoms with van der Waals surface area (Å²) < 4.78 is 0. The molecule has 0 heteroatoms. The van der Waals surface area contributed by atoms with Gasteiger partial charge in [0, 0.05) is 0 Å². The monoisotopic (exact) mass is 658 g/mol. The molecule has 0 aromatic heterocycles. The molecule has 0 N–H and O–H groups in total. The summed E-state index contributed by atoms with van der Waals surface area (Å²) >= 11 is 0. The third-order valence-corrected chi connectivity index (χ3v) is 8.80. The summed E-state index contributed by atoms with van der Waals surface area (Å²) in [5.74, 6) is 0. The van der Waals surface area contributed by atoms with Crippen LogP contribution in [0.25, 0.3) is 45.6 Å². The van der Waals surface area contributed by atoms with Crippen LogP contribution in [0.3, 0.4) is 0 Å². The highest BCUT2D eigenvalue weighted by Crippen LogP contribution is 2.33. The van der Waals surface area contributed by atoms with Crippen LogP contribution in [0.5, 0.6) is 0 Å². The Balaban J connectivity index is 0.00000122. The smallest absolute Gasteiger partial charge is 0.0105 e. The molecule has 0 nitrogen and oxygen atoms in total. The molecule has 0 bridgehead atoms. The zero-order valence-electron chi connectivity index (χ0n) is 30.0. The van der Waals surface area contributed by atoms with E-state index in [1.165, 1.54) is 72.4 Å². The standard InChI is InChI=1S/C47H38.C2H6.C2H2/c1-35-30-44(38-26-22-36(23-27-38)32-46(40-14-6-2-7-15-40)41-16-8-3-9-17-41)34-45(31-35)39-28-24-37(25-29-39)33-47(42-18-10-4-11-19-42)43-20-12-5-13-21-43;2*1-2/h2-12,14-20,22-34H,13,21H2,1H3;1-2H3;1-2H/b47-33-;;. The van der Waals surface area contributed by atoms with Gasteiger partial charge in [0.1, 0.15) is 0 Å². The van der Waals surface area contributed by atoms with E-state index in [0.29, 0.717) is 0 Å². The van der Waals surface area contributed by atoms with Crippen LogP contribution in [0.4, 0.5) is 0 Å². The van der Waals surface area contributed by atoms with Crippen molar-refractivity contribution in [3.05, 3.63) is 215 Å². The summed E-state index contributed by atoms with van der Waals surface area (Å²) in [6.45, 7) is 6.19. The molecule has 1 aliphatic carbocycles. The molecular formula is C51H46. The number of rotatable bonds is 8. The fourth-order valence-electron chi connectivity index (χ4n) is 6.37. The number of benzene rings is 6. The number of hydrogen-bond acceptors (Lipinski definition) is 0. The van der Waals surface area contributed by atoms with Crippen molar-refractivity contribution >= 4 is 23.3 Å². The van der Waals surface area contributed by atoms with E-state index in [-0.39, 0.29) is 0 Å². The van der Waals surface area contributed by atoms with E-state index in [1.807, 2.05) is 13.8 Å². The minimum Gasteiger partial charge on any atom is -0.124 e. The van der Waals surface area contributed by atoms with Crippen LogP contribution in [0.2, 0.25) is 0 Å². The number of hydrogen-bond donors (Lipinski definition) is 0. The molecule has 0 radical (unpaired) electrons. The Bertz CT molecular complexity index is 2080. The van der Waals surface area contributed by atoms with Crippen LogP contribution in [0.15, 0.2) is 182 Å². The molecule has 0 amide bonds. The first-order valence-electron chi connectivity index (χ1n) is 17.8. The average Bonchev–Trinajstić information content (AvgIpc) is 3.22. The molecule has 6 aromatic rings. The van der Waals surface area contributed by atoms with Gasteiger partial charge in [0.2, 0.25) is 0 Å². The van der Waals surface area contributed by atoms with Crippen LogP contribution in [-0.2, 0) is 0 Å². The van der Waals surface area contributed by atoms with E-state index in [1.54, 1.807) is 0 Å². The van der Waals surface area contributed by atoms with Gasteiger partial charge in [-0.05, 0) is 110 Å².